The molecule has 0 unspecified atom stereocenters. The van der Waals surface area contributed by atoms with Crippen molar-refractivity contribution in [3.05, 3.63) is 58.7 Å². The number of phenolic OH excluding ortho intramolecular Hbond substituents is 1. The third kappa shape index (κ3) is 2.43. The summed E-state index contributed by atoms with van der Waals surface area (Å²) >= 11 is 0. The Bertz CT molecular complexity index is 602. The average Bonchev–Trinajstić information content (AvgIpc) is 2.42. The number of ether oxygens (including phenoxy) is 1. The molecule has 0 radical (unpaired) electrons. The quantitative estimate of drug-likeness (QED) is 0.846. The number of rotatable bonds is 1. The maximum atomic E-state index is 10.0. The molecule has 0 spiro atoms. The standard InChI is InChI=1S/C17H18O2/c1-19-17-11-13-3-7-14-6-2-12(10-16(14)18)4-8-15(17)9-5-13/h2,5-6,9-11,18H,3-4,7-8H2,1H3. The predicted molar refractivity (Wildman–Crippen MR) is 75.9 cm³/mol. The van der Waals surface area contributed by atoms with Crippen molar-refractivity contribution in [2.75, 3.05) is 7.11 Å². The summed E-state index contributed by atoms with van der Waals surface area (Å²) in [6.07, 6.45) is 3.63. The molecule has 4 aliphatic rings. The number of benzene rings is 2. The van der Waals surface area contributed by atoms with Gasteiger partial charge in [0.15, 0.2) is 0 Å². The van der Waals surface area contributed by atoms with E-state index in [1.807, 2.05) is 6.07 Å². The first-order valence-corrected chi connectivity index (χ1v) is 6.73. The van der Waals surface area contributed by atoms with Crippen molar-refractivity contribution >= 4 is 0 Å². The van der Waals surface area contributed by atoms with Crippen LogP contribution in [0, 0.1) is 0 Å². The molecule has 2 aromatic rings. The summed E-state index contributed by atoms with van der Waals surface area (Å²) in [5.41, 5.74) is 4.68. The van der Waals surface area contributed by atoms with Gasteiger partial charge in [-0.1, -0.05) is 24.3 Å². The van der Waals surface area contributed by atoms with Gasteiger partial charge < -0.3 is 9.84 Å². The topological polar surface area (TPSA) is 29.5 Å². The Morgan fingerprint density at radius 1 is 0.842 bits per heavy atom. The first-order valence-electron chi connectivity index (χ1n) is 6.73. The molecular formula is C17H18O2. The van der Waals surface area contributed by atoms with E-state index < -0.39 is 0 Å². The van der Waals surface area contributed by atoms with Crippen LogP contribution in [0.1, 0.15) is 22.3 Å². The number of hydrogen-bond acceptors (Lipinski definition) is 2. The molecule has 0 amide bonds. The van der Waals surface area contributed by atoms with Gasteiger partial charge in [0.1, 0.15) is 11.5 Å². The third-order valence-corrected chi connectivity index (χ3v) is 3.87. The lowest BCUT2D eigenvalue weighted by Gasteiger charge is -2.14. The van der Waals surface area contributed by atoms with Crippen LogP contribution in [0.3, 0.4) is 0 Å². The van der Waals surface area contributed by atoms with Crippen LogP contribution in [0.15, 0.2) is 36.4 Å². The minimum absolute atomic E-state index is 0.430. The largest absolute Gasteiger partial charge is 0.508 e. The molecule has 1 N–H and O–H groups in total. The minimum Gasteiger partial charge on any atom is -0.508 e. The zero-order valence-electron chi connectivity index (χ0n) is 11.1. The number of aromatic hydroxyl groups is 1. The van der Waals surface area contributed by atoms with Crippen LogP contribution < -0.4 is 4.74 Å². The van der Waals surface area contributed by atoms with Gasteiger partial charge in [-0.05, 0) is 60.1 Å². The van der Waals surface area contributed by atoms with Crippen LogP contribution in [-0.4, -0.2) is 12.2 Å². The summed E-state index contributed by atoms with van der Waals surface area (Å²) in [6, 6.07) is 12.5. The fourth-order valence-corrected chi connectivity index (χ4v) is 2.69. The van der Waals surface area contributed by atoms with E-state index >= 15 is 0 Å². The van der Waals surface area contributed by atoms with Crippen LogP contribution >= 0.6 is 0 Å². The number of phenols is 1. The smallest absolute Gasteiger partial charge is 0.122 e. The summed E-state index contributed by atoms with van der Waals surface area (Å²) in [7, 11) is 1.73. The Balaban J connectivity index is 2.02. The summed E-state index contributed by atoms with van der Waals surface area (Å²) in [4.78, 5) is 0. The highest BCUT2D eigenvalue weighted by Crippen LogP contribution is 2.27. The van der Waals surface area contributed by atoms with Gasteiger partial charge in [0.05, 0.1) is 7.11 Å². The van der Waals surface area contributed by atoms with Crippen molar-refractivity contribution in [1.82, 2.24) is 0 Å². The maximum absolute atomic E-state index is 10.0. The molecular weight excluding hydrogens is 236 g/mol. The molecule has 0 aromatic heterocycles. The second-order valence-electron chi connectivity index (χ2n) is 5.11. The van der Waals surface area contributed by atoms with E-state index in [1.54, 1.807) is 7.11 Å². The summed E-state index contributed by atoms with van der Waals surface area (Å²) in [6.45, 7) is 0. The highest BCUT2D eigenvalue weighted by Gasteiger charge is 2.10. The highest BCUT2D eigenvalue weighted by atomic mass is 16.5. The summed E-state index contributed by atoms with van der Waals surface area (Å²) in [5.74, 6) is 1.41. The molecule has 2 aromatic carbocycles. The molecule has 4 aliphatic carbocycles. The van der Waals surface area contributed by atoms with Gasteiger partial charge in [-0.15, -0.1) is 0 Å². The minimum atomic E-state index is 0.430. The van der Waals surface area contributed by atoms with Crippen molar-refractivity contribution in [3.8, 4) is 11.5 Å². The van der Waals surface area contributed by atoms with E-state index in [-0.39, 0.29) is 0 Å². The normalized spacial score (nSPS) is 13.9. The van der Waals surface area contributed by atoms with E-state index in [2.05, 4.69) is 30.3 Å². The lowest BCUT2D eigenvalue weighted by molar-refractivity contribution is 0.409. The van der Waals surface area contributed by atoms with E-state index in [0.29, 0.717) is 5.75 Å². The van der Waals surface area contributed by atoms with E-state index in [1.165, 1.54) is 16.7 Å². The van der Waals surface area contributed by atoms with E-state index in [0.717, 1.165) is 37.0 Å². The first-order chi connectivity index (χ1) is 9.26. The zero-order valence-corrected chi connectivity index (χ0v) is 11.1. The first kappa shape index (κ1) is 12.1. The molecule has 2 heteroatoms. The van der Waals surface area contributed by atoms with Gasteiger partial charge in [0.2, 0.25) is 0 Å². The van der Waals surface area contributed by atoms with Gasteiger partial charge in [-0.3, -0.25) is 0 Å². The molecule has 0 fully saturated rings. The van der Waals surface area contributed by atoms with E-state index in [4.69, 9.17) is 4.74 Å². The molecule has 0 saturated heterocycles. The van der Waals surface area contributed by atoms with Crippen molar-refractivity contribution in [3.63, 3.8) is 0 Å². The van der Waals surface area contributed by atoms with E-state index in [9.17, 15) is 5.11 Å². The monoisotopic (exact) mass is 254 g/mol. The molecule has 98 valence electrons. The van der Waals surface area contributed by atoms with Crippen LogP contribution in [-0.2, 0) is 25.7 Å². The van der Waals surface area contributed by atoms with Gasteiger partial charge >= 0.3 is 0 Å². The Morgan fingerprint density at radius 2 is 1.47 bits per heavy atom. The van der Waals surface area contributed by atoms with Gasteiger partial charge in [-0.2, -0.15) is 0 Å². The lowest BCUT2D eigenvalue weighted by atomic mass is 9.95. The van der Waals surface area contributed by atoms with Crippen LogP contribution in [0.5, 0.6) is 11.5 Å². The second-order valence-corrected chi connectivity index (χ2v) is 5.11. The Hall–Kier alpha value is -1.96. The lowest BCUT2D eigenvalue weighted by Crippen LogP contribution is -2.01. The predicted octanol–water partition coefficient (Wildman–Crippen LogP) is 3.28. The van der Waals surface area contributed by atoms with Gasteiger partial charge in [0, 0.05) is 0 Å². The second kappa shape index (κ2) is 4.96. The SMILES string of the molecule is COc1cc2ccc1CCc1ccc(c(O)c1)CC2. The zero-order chi connectivity index (χ0) is 13.2. The molecule has 0 aliphatic heterocycles. The molecule has 0 saturated carbocycles. The average molecular weight is 254 g/mol. The number of aryl methyl sites for hydroxylation is 4. The van der Waals surface area contributed by atoms with Crippen molar-refractivity contribution < 1.29 is 9.84 Å². The number of methoxy groups -OCH3 is 1. The summed E-state index contributed by atoms with van der Waals surface area (Å²) < 4.78 is 5.48. The van der Waals surface area contributed by atoms with Crippen molar-refractivity contribution in [2.45, 2.75) is 25.7 Å². The van der Waals surface area contributed by atoms with Crippen molar-refractivity contribution in [2.24, 2.45) is 0 Å². The van der Waals surface area contributed by atoms with Crippen LogP contribution in [0.25, 0.3) is 0 Å². The van der Waals surface area contributed by atoms with Crippen LogP contribution in [0.2, 0.25) is 0 Å². The fraction of sp³-hybridized carbons (Fsp3) is 0.294. The van der Waals surface area contributed by atoms with Crippen molar-refractivity contribution in [1.29, 1.82) is 0 Å². The Labute approximate surface area is 113 Å². The molecule has 4 bridgehead atoms. The maximum Gasteiger partial charge on any atom is 0.122 e. The molecule has 6 rings (SSSR count). The Morgan fingerprint density at radius 3 is 2.16 bits per heavy atom. The molecule has 19 heavy (non-hydrogen) atoms. The van der Waals surface area contributed by atoms with Gasteiger partial charge in [-0.25, -0.2) is 0 Å². The fourth-order valence-electron chi connectivity index (χ4n) is 2.69. The van der Waals surface area contributed by atoms with Gasteiger partial charge in [0.25, 0.3) is 0 Å². The molecule has 2 nitrogen and oxygen atoms in total. The molecule has 0 heterocycles. The number of hydrogen-bond donors (Lipinski definition) is 1. The van der Waals surface area contributed by atoms with Crippen LogP contribution in [0.4, 0.5) is 0 Å². The summed E-state index contributed by atoms with van der Waals surface area (Å²) in [5, 5.41) is 10.0. The third-order valence-electron chi connectivity index (χ3n) is 3.87. The highest BCUT2D eigenvalue weighted by molar-refractivity contribution is 5.42. The Kier molecular flexibility index (Phi) is 3.16. The molecule has 0 atom stereocenters.